The first-order chi connectivity index (χ1) is 33.3. The van der Waals surface area contributed by atoms with Gasteiger partial charge < -0.3 is 34.1 Å². The zero-order chi connectivity index (χ0) is 48.7. The normalized spacial score (nSPS) is 15.4. The number of halogens is 1. The minimum Gasteiger partial charge on any atom is -0.491 e. The average molecular weight is 1000 g/mol. The predicted octanol–water partition coefficient (Wildman–Crippen LogP) is 6.18. The third kappa shape index (κ3) is 11.6. The van der Waals surface area contributed by atoms with E-state index >= 15 is 0 Å². The molecule has 2 aromatic carbocycles. The maximum absolute atomic E-state index is 14.2. The number of benzene rings is 2. The van der Waals surface area contributed by atoms with Crippen LogP contribution in [0.4, 0.5) is 0 Å². The van der Waals surface area contributed by atoms with E-state index in [2.05, 4.69) is 34.5 Å². The van der Waals surface area contributed by atoms with Crippen molar-refractivity contribution in [2.24, 2.45) is 4.99 Å². The molecule has 366 valence electrons. The van der Waals surface area contributed by atoms with Crippen molar-refractivity contribution in [1.82, 2.24) is 34.0 Å². The molecule has 2 N–H and O–H groups in total. The van der Waals surface area contributed by atoms with Crippen LogP contribution in [0.25, 0.3) is 21.6 Å². The lowest BCUT2D eigenvalue weighted by molar-refractivity contribution is -0.136. The number of methoxy groups -OCH3 is 1. The molecule has 1 saturated heterocycles. The summed E-state index contributed by atoms with van der Waals surface area (Å²) in [6.45, 7) is 8.98. The van der Waals surface area contributed by atoms with E-state index in [0.29, 0.717) is 104 Å². The summed E-state index contributed by atoms with van der Waals surface area (Å²) < 4.78 is 62.0. The third-order valence-corrected chi connectivity index (χ3v) is 15.5. The molecule has 2 aliphatic heterocycles. The van der Waals surface area contributed by atoms with E-state index in [0.717, 1.165) is 33.2 Å². The van der Waals surface area contributed by atoms with Gasteiger partial charge in [-0.25, -0.2) is 12.9 Å². The molecule has 0 aliphatic carbocycles. The van der Waals surface area contributed by atoms with Crippen molar-refractivity contribution in [1.29, 1.82) is 0 Å². The highest BCUT2D eigenvalue weighted by atomic mass is 35.5. The number of nitrogens with zero attached hydrogens (tertiary/aromatic N) is 7. The number of aliphatic imine (C=N–C) groups is 1. The Morgan fingerprint density at radius 1 is 0.899 bits per heavy atom. The van der Waals surface area contributed by atoms with E-state index in [1.165, 1.54) is 21.4 Å². The Labute approximate surface area is 409 Å². The second kappa shape index (κ2) is 22.4. The highest BCUT2D eigenvalue weighted by Gasteiger charge is 2.34. The number of hydrogen-bond acceptors (Lipinski definition) is 14. The number of carboxylic acids is 1. The first kappa shape index (κ1) is 49.8. The second-order valence-electron chi connectivity index (χ2n) is 16.6. The molecule has 0 saturated carbocycles. The van der Waals surface area contributed by atoms with Crippen LogP contribution in [0.15, 0.2) is 76.9 Å². The number of piperidine rings is 1. The SMILES string of the molecule is COC1CCN(S(=O)(=O)c2cc(OCCOCCOCCOCCNC(=O)C[C@@H]3N=C(c4ccc(Cl)cc4)c4c(sc(C)c4C)-n4c(C)nnc43)ccc2-c2ccn3ncc(CC(=O)O)c3c2)CC1. The van der Waals surface area contributed by atoms with Crippen LogP contribution >= 0.6 is 22.9 Å². The van der Waals surface area contributed by atoms with Crippen molar-refractivity contribution < 1.29 is 46.8 Å². The summed E-state index contributed by atoms with van der Waals surface area (Å²) in [7, 11) is -2.34. The first-order valence-corrected chi connectivity index (χ1v) is 25.3. The summed E-state index contributed by atoms with van der Waals surface area (Å²) in [5.41, 5.74) is 5.95. The monoisotopic (exact) mass is 1000 g/mol. The highest BCUT2D eigenvalue weighted by molar-refractivity contribution is 7.89. The number of rotatable bonds is 22. The number of hydrogen-bond donors (Lipinski definition) is 2. The molecule has 6 aromatic rings. The summed E-state index contributed by atoms with van der Waals surface area (Å²) in [6.07, 6.45) is 4.18. The second-order valence-corrected chi connectivity index (χ2v) is 20.2. The fraction of sp³-hybridized carbons (Fsp3) is 0.417. The van der Waals surface area contributed by atoms with Crippen molar-refractivity contribution >= 4 is 56.1 Å². The zero-order valence-electron chi connectivity index (χ0n) is 38.9. The maximum atomic E-state index is 14.2. The van der Waals surface area contributed by atoms with Gasteiger partial charge in [0.15, 0.2) is 5.82 Å². The molecule has 0 radical (unpaired) electrons. The number of aryl methyl sites for hydroxylation is 2. The molecule has 0 unspecified atom stereocenters. The minimum absolute atomic E-state index is 0.00921. The van der Waals surface area contributed by atoms with E-state index < -0.39 is 22.0 Å². The van der Waals surface area contributed by atoms with E-state index in [-0.39, 0.29) is 43.0 Å². The van der Waals surface area contributed by atoms with Crippen molar-refractivity contribution in [2.75, 3.05) is 73.0 Å². The van der Waals surface area contributed by atoms with Crippen molar-refractivity contribution in [3.05, 3.63) is 111 Å². The van der Waals surface area contributed by atoms with Gasteiger partial charge >= 0.3 is 5.97 Å². The van der Waals surface area contributed by atoms with E-state index in [1.807, 2.05) is 35.8 Å². The molecule has 21 heteroatoms. The van der Waals surface area contributed by atoms with Crippen LogP contribution in [-0.2, 0) is 45.0 Å². The van der Waals surface area contributed by atoms with Gasteiger partial charge in [-0.3, -0.25) is 19.1 Å². The number of ether oxygens (including phenoxy) is 5. The van der Waals surface area contributed by atoms with Gasteiger partial charge in [-0.1, -0.05) is 23.7 Å². The number of aliphatic carboxylic acids is 1. The molecule has 0 spiro atoms. The summed E-state index contributed by atoms with van der Waals surface area (Å²) >= 11 is 7.89. The van der Waals surface area contributed by atoms with Gasteiger partial charge in [-0.05, 0) is 81.1 Å². The smallest absolute Gasteiger partial charge is 0.307 e. The Bertz CT molecular complexity index is 2930. The third-order valence-electron chi connectivity index (χ3n) is 12.1. The van der Waals surface area contributed by atoms with Gasteiger partial charge in [-0.15, -0.1) is 21.5 Å². The quantitative estimate of drug-likeness (QED) is 0.0730. The number of nitrogens with one attached hydrogen (secondary N) is 1. The van der Waals surface area contributed by atoms with Crippen LogP contribution in [0.3, 0.4) is 0 Å². The van der Waals surface area contributed by atoms with Gasteiger partial charge in [0.25, 0.3) is 0 Å². The number of carboxylic acid groups (broad SMARTS) is 1. The van der Waals surface area contributed by atoms with Gasteiger partial charge in [0, 0.05) is 71.2 Å². The molecule has 2 aliphatic rings. The van der Waals surface area contributed by atoms with Crippen molar-refractivity contribution in [3.63, 3.8) is 0 Å². The number of aromatic nitrogens is 5. The van der Waals surface area contributed by atoms with Crippen molar-refractivity contribution in [2.45, 2.75) is 63.5 Å². The molecular formula is C48H55ClN8O10S2. The Kier molecular flexibility index (Phi) is 16.2. The zero-order valence-corrected chi connectivity index (χ0v) is 41.2. The largest absolute Gasteiger partial charge is 0.491 e. The topological polar surface area (TPSA) is 210 Å². The fourth-order valence-corrected chi connectivity index (χ4v) is 11.4. The lowest BCUT2D eigenvalue weighted by Crippen LogP contribution is -2.40. The van der Waals surface area contributed by atoms with E-state index in [4.69, 9.17) is 40.3 Å². The molecule has 0 bridgehead atoms. The minimum atomic E-state index is -3.96. The highest BCUT2D eigenvalue weighted by Crippen LogP contribution is 2.40. The molecule has 1 atom stereocenters. The van der Waals surface area contributed by atoms with Crippen LogP contribution in [0.2, 0.25) is 5.02 Å². The molecule has 1 amide bonds. The number of carbonyl (C=O) groups is 2. The van der Waals surface area contributed by atoms with Crippen molar-refractivity contribution in [3.8, 4) is 21.9 Å². The fourth-order valence-electron chi connectivity index (χ4n) is 8.39. The van der Waals surface area contributed by atoms with E-state index in [9.17, 15) is 23.1 Å². The lowest BCUT2D eigenvalue weighted by atomic mass is 9.99. The lowest BCUT2D eigenvalue weighted by Gasteiger charge is -2.31. The summed E-state index contributed by atoms with van der Waals surface area (Å²) in [6, 6.07) is 15.4. The summed E-state index contributed by atoms with van der Waals surface area (Å²) in [5, 5.41) is 27.1. The van der Waals surface area contributed by atoms with Gasteiger partial charge in [-0.2, -0.15) is 9.40 Å². The van der Waals surface area contributed by atoms with Crippen LogP contribution in [0, 0.1) is 20.8 Å². The number of sulfonamides is 1. The number of fused-ring (bicyclic) bond motifs is 4. The molecule has 1 fully saturated rings. The molecular weight excluding hydrogens is 948 g/mol. The Balaban J connectivity index is 0.773. The number of thiophene rings is 1. The Hall–Kier alpha value is -5.58. The Morgan fingerprint density at radius 2 is 1.61 bits per heavy atom. The Morgan fingerprint density at radius 3 is 2.32 bits per heavy atom. The molecule has 8 rings (SSSR count). The standard InChI is InChI=1S/C48H55ClN8O10S2/c1-30-31(2)68-48-45(30)46(33-5-7-36(49)8-6-33)52-40(47-54-53-32(3)57(47)48)28-43(58)50-14-18-64-19-20-65-21-22-66-23-24-67-38-9-10-39(34-11-17-56-41(25-34)35(29-51-56)26-44(59)60)42(27-38)69(61,62)55-15-12-37(63-4)13-16-55/h5-11,17,25,27,29,37,40H,12-16,18-24,26,28H2,1-4H3,(H,50,58)(H,59,60)/t40-/m0/s1. The van der Waals surface area contributed by atoms with E-state index in [1.54, 1.807) is 53.4 Å². The van der Waals surface area contributed by atoms with Gasteiger partial charge in [0.05, 0.1) is 80.9 Å². The van der Waals surface area contributed by atoms with Crippen LogP contribution in [0.5, 0.6) is 5.75 Å². The average Bonchev–Trinajstić information content (AvgIpc) is 3.99. The molecule has 6 heterocycles. The van der Waals surface area contributed by atoms with Gasteiger partial charge in [0.1, 0.15) is 29.2 Å². The molecule has 18 nitrogen and oxygen atoms in total. The van der Waals surface area contributed by atoms with Crippen LogP contribution in [-0.4, -0.2) is 139 Å². The number of pyridine rings is 1. The van der Waals surface area contributed by atoms with Gasteiger partial charge in [0.2, 0.25) is 15.9 Å². The van der Waals surface area contributed by atoms with Crippen LogP contribution < -0.4 is 10.1 Å². The first-order valence-electron chi connectivity index (χ1n) is 22.7. The molecule has 69 heavy (non-hydrogen) atoms. The number of amides is 1. The number of carbonyl (C=O) groups excluding carboxylic acids is 1. The maximum Gasteiger partial charge on any atom is 0.307 e. The predicted molar refractivity (Wildman–Crippen MR) is 260 cm³/mol. The van der Waals surface area contributed by atoms with Crippen LogP contribution in [0.1, 0.15) is 64.1 Å². The molecule has 4 aromatic heterocycles. The summed E-state index contributed by atoms with van der Waals surface area (Å²) in [4.78, 5) is 31.2. The summed E-state index contributed by atoms with van der Waals surface area (Å²) in [5.74, 6) is 0.508.